The summed E-state index contributed by atoms with van der Waals surface area (Å²) in [6, 6.07) is 4.57. The number of hydrogen-bond donors (Lipinski definition) is 2. The van der Waals surface area contributed by atoms with Gasteiger partial charge in [0, 0.05) is 19.0 Å². The molecule has 0 bridgehead atoms. The number of hydrogen-bond acceptors (Lipinski definition) is 2. The molecule has 1 aromatic rings. The normalized spacial score (nSPS) is 12.1. The van der Waals surface area contributed by atoms with Crippen LogP contribution < -0.4 is 11.1 Å². The number of carbonyl (C=O) groups excluding carboxylic acids is 2. The molecule has 0 saturated heterocycles. The van der Waals surface area contributed by atoms with Crippen molar-refractivity contribution in [2.45, 2.75) is 25.9 Å². The molecule has 4 nitrogen and oxygen atoms in total. The van der Waals surface area contributed by atoms with E-state index in [1.165, 1.54) is 18.2 Å². The molecular weight excluding hydrogens is 297 g/mol. The van der Waals surface area contributed by atoms with Crippen LogP contribution in [0.3, 0.4) is 0 Å². The minimum Gasteiger partial charge on any atom is -0.370 e. The van der Waals surface area contributed by atoms with E-state index in [1.54, 1.807) is 6.92 Å². The van der Waals surface area contributed by atoms with E-state index in [0.29, 0.717) is 24.1 Å². The van der Waals surface area contributed by atoms with Crippen LogP contribution in [0.4, 0.5) is 13.2 Å². The molecule has 1 aromatic carbocycles. The Morgan fingerprint density at radius 3 is 2.32 bits per heavy atom. The van der Waals surface area contributed by atoms with Crippen molar-refractivity contribution in [2.75, 3.05) is 6.54 Å². The summed E-state index contributed by atoms with van der Waals surface area (Å²) in [6.07, 6.45) is -2.46. The zero-order chi connectivity index (χ0) is 16.8. The van der Waals surface area contributed by atoms with E-state index < -0.39 is 17.6 Å². The number of halogens is 3. The Morgan fingerprint density at radius 2 is 1.82 bits per heavy atom. The van der Waals surface area contributed by atoms with Crippen molar-refractivity contribution in [1.29, 1.82) is 0 Å². The third-order valence-corrected chi connectivity index (χ3v) is 2.91. The summed E-state index contributed by atoms with van der Waals surface area (Å²) in [5.74, 6) is -0.812. The molecule has 0 fully saturated rings. The quantitative estimate of drug-likeness (QED) is 0.625. The van der Waals surface area contributed by atoms with Crippen LogP contribution in [-0.2, 0) is 15.8 Å². The topological polar surface area (TPSA) is 72.2 Å². The first-order chi connectivity index (χ1) is 10.2. The van der Waals surface area contributed by atoms with Crippen molar-refractivity contribution < 1.29 is 22.8 Å². The van der Waals surface area contributed by atoms with Crippen molar-refractivity contribution in [3.8, 4) is 0 Å². The van der Waals surface area contributed by atoms with E-state index in [4.69, 9.17) is 5.73 Å². The molecule has 0 saturated carbocycles. The molecule has 0 spiro atoms. The molecule has 0 aliphatic rings. The lowest BCUT2D eigenvalue weighted by atomic mass is 10.0. The second kappa shape index (κ2) is 7.63. The maximum absolute atomic E-state index is 12.4. The first kappa shape index (κ1) is 17.7. The van der Waals surface area contributed by atoms with Gasteiger partial charge in [-0.2, -0.15) is 13.2 Å². The predicted molar refractivity (Wildman–Crippen MR) is 76.5 cm³/mol. The van der Waals surface area contributed by atoms with Crippen LogP contribution in [-0.4, -0.2) is 18.4 Å². The predicted octanol–water partition coefficient (Wildman–Crippen LogP) is 2.49. The lowest BCUT2D eigenvalue weighted by Crippen LogP contribution is -2.23. The van der Waals surface area contributed by atoms with Gasteiger partial charge in [-0.25, -0.2) is 0 Å². The molecule has 0 aliphatic carbocycles. The van der Waals surface area contributed by atoms with E-state index in [-0.39, 0.29) is 12.3 Å². The molecule has 2 amide bonds. The summed E-state index contributed by atoms with van der Waals surface area (Å²) in [5.41, 5.74) is 5.30. The number of allylic oxidation sites excluding steroid dienone is 1. The smallest absolute Gasteiger partial charge is 0.370 e. The Morgan fingerprint density at radius 1 is 1.23 bits per heavy atom. The fourth-order valence-corrected chi connectivity index (χ4v) is 1.73. The highest BCUT2D eigenvalue weighted by molar-refractivity contribution is 5.94. The number of nitrogens with two attached hydrogens (primary N) is 1. The Bertz CT molecular complexity index is 563. The van der Waals surface area contributed by atoms with Gasteiger partial charge in [-0.1, -0.05) is 12.1 Å². The van der Waals surface area contributed by atoms with Gasteiger partial charge in [0.15, 0.2) is 0 Å². The van der Waals surface area contributed by atoms with Gasteiger partial charge in [0.2, 0.25) is 11.8 Å². The number of rotatable bonds is 6. The largest absolute Gasteiger partial charge is 0.416 e. The zero-order valence-corrected chi connectivity index (χ0v) is 12.0. The molecule has 1 rings (SSSR count). The van der Waals surface area contributed by atoms with Crippen LogP contribution in [0.2, 0.25) is 0 Å². The van der Waals surface area contributed by atoms with Crippen molar-refractivity contribution >= 4 is 17.4 Å². The SMILES string of the molecule is CC(=CC(=O)NCCCC(N)=O)c1ccc(C(F)(F)F)cc1. The summed E-state index contributed by atoms with van der Waals surface area (Å²) < 4.78 is 37.3. The van der Waals surface area contributed by atoms with Gasteiger partial charge in [0.05, 0.1) is 5.56 Å². The van der Waals surface area contributed by atoms with Crippen LogP contribution in [0.25, 0.3) is 5.57 Å². The molecule has 0 unspecified atom stereocenters. The first-order valence-electron chi connectivity index (χ1n) is 6.62. The highest BCUT2D eigenvalue weighted by Gasteiger charge is 2.29. The van der Waals surface area contributed by atoms with E-state index in [9.17, 15) is 22.8 Å². The summed E-state index contributed by atoms with van der Waals surface area (Å²) in [5, 5.41) is 2.57. The fourth-order valence-electron chi connectivity index (χ4n) is 1.73. The van der Waals surface area contributed by atoms with Crippen molar-refractivity contribution in [3.63, 3.8) is 0 Å². The summed E-state index contributed by atoms with van der Waals surface area (Å²) in [4.78, 5) is 22.1. The Hall–Kier alpha value is -2.31. The maximum atomic E-state index is 12.4. The molecule has 120 valence electrons. The van der Waals surface area contributed by atoms with Gasteiger partial charge >= 0.3 is 6.18 Å². The molecule has 0 heterocycles. The summed E-state index contributed by atoms with van der Waals surface area (Å²) in [7, 11) is 0. The molecule has 0 aliphatic heterocycles. The monoisotopic (exact) mass is 314 g/mol. The minimum absolute atomic E-state index is 0.182. The molecular formula is C15H17F3N2O2. The minimum atomic E-state index is -4.38. The summed E-state index contributed by atoms with van der Waals surface area (Å²) >= 11 is 0. The third-order valence-electron chi connectivity index (χ3n) is 2.91. The third kappa shape index (κ3) is 5.99. The molecule has 22 heavy (non-hydrogen) atoms. The molecule has 3 N–H and O–H groups in total. The number of primary amides is 1. The number of amides is 2. The lowest BCUT2D eigenvalue weighted by Gasteiger charge is -2.08. The Kier molecular flexibility index (Phi) is 6.15. The van der Waals surface area contributed by atoms with E-state index in [0.717, 1.165) is 12.1 Å². The second-order valence-corrected chi connectivity index (χ2v) is 4.76. The second-order valence-electron chi connectivity index (χ2n) is 4.76. The summed E-state index contributed by atoms with van der Waals surface area (Å²) in [6.45, 7) is 1.93. The number of nitrogens with one attached hydrogen (secondary N) is 1. The van der Waals surface area contributed by atoms with Gasteiger partial charge in [-0.15, -0.1) is 0 Å². The zero-order valence-electron chi connectivity index (χ0n) is 12.0. The average Bonchev–Trinajstić information content (AvgIpc) is 2.42. The molecule has 7 heteroatoms. The van der Waals surface area contributed by atoms with Gasteiger partial charge in [0.25, 0.3) is 0 Å². The number of benzene rings is 1. The maximum Gasteiger partial charge on any atom is 0.416 e. The molecule has 0 atom stereocenters. The van der Waals surface area contributed by atoms with Crippen molar-refractivity contribution in [3.05, 3.63) is 41.5 Å². The van der Waals surface area contributed by atoms with Crippen LogP contribution in [0.5, 0.6) is 0 Å². The van der Waals surface area contributed by atoms with Gasteiger partial charge < -0.3 is 11.1 Å². The van der Waals surface area contributed by atoms with Gasteiger partial charge in [-0.3, -0.25) is 9.59 Å². The molecule has 0 radical (unpaired) electrons. The Labute approximate surface area is 126 Å². The van der Waals surface area contributed by atoms with Crippen LogP contribution >= 0.6 is 0 Å². The van der Waals surface area contributed by atoms with E-state index in [1.807, 2.05) is 0 Å². The van der Waals surface area contributed by atoms with Crippen molar-refractivity contribution in [1.82, 2.24) is 5.32 Å². The van der Waals surface area contributed by atoms with Gasteiger partial charge in [-0.05, 0) is 36.6 Å². The highest BCUT2D eigenvalue weighted by Crippen LogP contribution is 2.29. The first-order valence-corrected chi connectivity index (χ1v) is 6.62. The number of carbonyl (C=O) groups is 2. The van der Waals surface area contributed by atoms with Gasteiger partial charge in [0.1, 0.15) is 0 Å². The standard InChI is InChI=1S/C15H17F3N2O2/c1-10(9-14(22)20-8-2-3-13(19)21)11-4-6-12(7-5-11)15(16,17)18/h4-7,9H,2-3,8H2,1H3,(H2,19,21)(H,20,22). The average molecular weight is 314 g/mol. The number of alkyl halides is 3. The van der Waals surface area contributed by atoms with Crippen LogP contribution in [0, 0.1) is 0 Å². The van der Waals surface area contributed by atoms with E-state index in [2.05, 4.69) is 5.32 Å². The van der Waals surface area contributed by atoms with E-state index >= 15 is 0 Å². The molecule has 0 aromatic heterocycles. The van der Waals surface area contributed by atoms with Crippen molar-refractivity contribution in [2.24, 2.45) is 5.73 Å². The highest BCUT2D eigenvalue weighted by atomic mass is 19.4. The van der Waals surface area contributed by atoms with Crippen LogP contribution in [0.1, 0.15) is 30.9 Å². The van der Waals surface area contributed by atoms with Crippen LogP contribution in [0.15, 0.2) is 30.3 Å². The lowest BCUT2D eigenvalue weighted by molar-refractivity contribution is -0.137. The fraction of sp³-hybridized carbons (Fsp3) is 0.333. The Balaban J connectivity index is 2.60.